The normalized spacial score (nSPS) is 10.1. The van der Waals surface area contributed by atoms with Crippen LogP contribution in [-0.2, 0) is 17.6 Å². The Labute approximate surface area is 143 Å². The van der Waals surface area contributed by atoms with Crippen LogP contribution in [0, 0.1) is 0 Å². The van der Waals surface area contributed by atoms with Crippen molar-refractivity contribution in [2.24, 2.45) is 0 Å². The van der Waals surface area contributed by atoms with Crippen LogP contribution >= 0.6 is 0 Å². The molecule has 3 rings (SSSR count). The highest BCUT2D eigenvalue weighted by atomic mass is 16.5. The zero-order chi connectivity index (χ0) is 17.4. The van der Waals surface area contributed by atoms with E-state index in [0.717, 1.165) is 18.4 Å². The van der Waals surface area contributed by atoms with Gasteiger partial charge >= 0.3 is 5.97 Å². The van der Waals surface area contributed by atoms with Gasteiger partial charge in [-0.25, -0.2) is 4.79 Å². The Morgan fingerprint density at radius 1 is 0.958 bits per heavy atom. The molecular weight excluding hydrogens is 298 g/mol. The van der Waals surface area contributed by atoms with Crippen molar-refractivity contribution in [1.82, 2.24) is 4.98 Å². The van der Waals surface area contributed by atoms with Gasteiger partial charge in [-0.3, -0.25) is 0 Å². The lowest BCUT2D eigenvalue weighted by atomic mass is 10.0. The van der Waals surface area contributed by atoms with E-state index in [1.165, 1.54) is 16.3 Å². The summed E-state index contributed by atoms with van der Waals surface area (Å²) < 4.78 is 4.98. The monoisotopic (exact) mass is 323 g/mol. The van der Waals surface area contributed by atoms with Gasteiger partial charge in [0.05, 0.1) is 6.61 Å². The molecule has 0 aliphatic rings. The van der Waals surface area contributed by atoms with Crippen LogP contribution < -0.4 is 0 Å². The lowest BCUT2D eigenvalue weighted by Gasteiger charge is -2.03. The molecule has 0 radical (unpaired) electrons. The quantitative estimate of drug-likeness (QED) is 0.659. The molecule has 1 heterocycles. The number of fused-ring (bicyclic) bond motifs is 1. The number of ether oxygens (including phenoxy) is 1. The first-order valence-electron chi connectivity index (χ1n) is 8.58. The fraction of sp³-hybridized carbons (Fsp3) is 0.286. The SMILES string of the molecule is CC.CCOC(=O)c1cc(CCc2ccc3ccccc3c2)c[nH]1. The molecule has 24 heavy (non-hydrogen) atoms. The van der Waals surface area contributed by atoms with Crippen molar-refractivity contribution in [3.05, 3.63) is 71.5 Å². The number of benzene rings is 2. The van der Waals surface area contributed by atoms with Gasteiger partial charge < -0.3 is 9.72 Å². The third-order valence-electron chi connectivity index (χ3n) is 3.75. The summed E-state index contributed by atoms with van der Waals surface area (Å²) in [6.07, 6.45) is 3.73. The van der Waals surface area contributed by atoms with Crippen LogP contribution in [0.15, 0.2) is 54.7 Å². The first kappa shape index (κ1) is 17.8. The van der Waals surface area contributed by atoms with E-state index in [0.29, 0.717) is 12.3 Å². The topological polar surface area (TPSA) is 42.1 Å². The van der Waals surface area contributed by atoms with Crippen LogP contribution in [0.2, 0.25) is 0 Å². The Hall–Kier alpha value is -2.55. The molecule has 3 heteroatoms. The molecule has 0 fully saturated rings. The average Bonchev–Trinajstić information content (AvgIpc) is 3.11. The molecule has 0 bridgehead atoms. The highest BCUT2D eigenvalue weighted by Gasteiger charge is 2.09. The molecule has 1 aromatic heterocycles. The molecule has 3 nitrogen and oxygen atoms in total. The number of carbonyl (C=O) groups excluding carboxylic acids is 1. The number of nitrogens with one attached hydrogen (secondary N) is 1. The maximum absolute atomic E-state index is 11.6. The fourth-order valence-electron chi connectivity index (χ4n) is 2.59. The van der Waals surface area contributed by atoms with Gasteiger partial charge in [-0.15, -0.1) is 0 Å². The number of hydrogen-bond acceptors (Lipinski definition) is 2. The minimum atomic E-state index is -0.292. The maximum atomic E-state index is 11.6. The Kier molecular flexibility index (Phi) is 6.62. The van der Waals surface area contributed by atoms with Crippen LogP contribution in [0.3, 0.4) is 0 Å². The van der Waals surface area contributed by atoms with Crippen molar-refractivity contribution < 1.29 is 9.53 Å². The second-order valence-electron chi connectivity index (χ2n) is 5.32. The third kappa shape index (κ3) is 4.48. The Morgan fingerprint density at radius 2 is 1.67 bits per heavy atom. The van der Waals surface area contributed by atoms with Crippen LogP contribution in [0.5, 0.6) is 0 Å². The summed E-state index contributed by atoms with van der Waals surface area (Å²) in [4.78, 5) is 14.6. The van der Waals surface area contributed by atoms with Crippen molar-refractivity contribution in [2.75, 3.05) is 6.61 Å². The van der Waals surface area contributed by atoms with Crippen LogP contribution in [-0.4, -0.2) is 17.6 Å². The van der Waals surface area contributed by atoms with E-state index in [2.05, 4.69) is 47.4 Å². The predicted molar refractivity (Wildman–Crippen MR) is 99.5 cm³/mol. The summed E-state index contributed by atoms with van der Waals surface area (Å²) in [7, 11) is 0. The second kappa shape index (κ2) is 8.92. The lowest BCUT2D eigenvalue weighted by Crippen LogP contribution is -2.04. The standard InChI is InChI=1S/C19H19NO2.C2H6/c1-2-22-19(21)18-12-15(13-20-18)8-7-14-9-10-16-5-3-4-6-17(16)11-14;1-2/h3-6,9-13,20H,2,7-8H2,1H3;1-2H3. The molecule has 0 spiro atoms. The average molecular weight is 323 g/mol. The zero-order valence-electron chi connectivity index (χ0n) is 14.6. The number of aromatic amines is 1. The molecule has 0 saturated carbocycles. The van der Waals surface area contributed by atoms with Gasteiger partial charge in [0.15, 0.2) is 0 Å². The molecule has 0 atom stereocenters. The number of aromatic nitrogens is 1. The summed E-state index contributed by atoms with van der Waals surface area (Å²) in [6, 6.07) is 16.8. The number of esters is 1. The van der Waals surface area contributed by atoms with E-state index in [1.807, 2.05) is 33.0 Å². The van der Waals surface area contributed by atoms with Gasteiger partial charge in [0.25, 0.3) is 0 Å². The van der Waals surface area contributed by atoms with E-state index >= 15 is 0 Å². The van der Waals surface area contributed by atoms with Crippen molar-refractivity contribution >= 4 is 16.7 Å². The third-order valence-corrected chi connectivity index (χ3v) is 3.75. The van der Waals surface area contributed by atoms with Crippen LogP contribution in [0.4, 0.5) is 0 Å². The first-order valence-corrected chi connectivity index (χ1v) is 8.58. The smallest absolute Gasteiger partial charge is 0.354 e. The zero-order valence-corrected chi connectivity index (χ0v) is 14.6. The van der Waals surface area contributed by atoms with Gasteiger partial charge in [0.1, 0.15) is 5.69 Å². The summed E-state index contributed by atoms with van der Waals surface area (Å²) in [5.74, 6) is -0.292. The van der Waals surface area contributed by atoms with E-state index in [9.17, 15) is 4.79 Å². The minimum Gasteiger partial charge on any atom is -0.461 e. The number of hydrogen-bond donors (Lipinski definition) is 1. The fourth-order valence-corrected chi connectivity index (χ4v) is 2.59. The van der Waals surface area contributed by atoms with Gasteiger partial charge in [-0.2, -0.15) is 0 Å². The van der Waals surface area contributed by atoms with Gasteiger partial charge in [-0.05, 0) is 47.7 Å². The van der Waals surface area contributed by atoms with Crippen molar-refractivity contribution in [1.29, 1.82) is 0 Å². The molecule has 0 amide bonds. The molecule has 0 aliphatic carbocycles. The summed E-state index contributed by atoms with van der Waals surface area (Å²) in [5, 5.41) is 2.53. The Bertz CT molecular complexity index is 789. The number of rotatable bonds is 5. The van der Waals surface area contributed by atoms with E-state index in [1.54, 1.807) is 0 Å². The second-order valence-corrected chi connectivity index (χ2v) is 5.32. The summed E-state index contributed by atoms with van der Waals surface area (Å²) >= 11 is 0. The Balaban J connectivity index is 0.00000100. The molecule has 2 aromatic carbocycles. The number of H-pyrrole nitrogens is 1. The predicted octanol–water partition coefficient (Wildman–Crippen LogP) is 5.16. The Morgan fingerprint density at radius 3 is 2.42 bits per heavy atom. The first-order chi connectivity index (χ1) is 11.8. The lowest BCUT2D eigenvalue weighted by molar-refractivity contribution is 0.0520. The van der Waals surface area contributed by atoms with Crippen molar-refractivity contribution in [3.63, 3.8) is 0 Å². The number of aryl methyl sites for hydroxylation is 2. The molecule has 0 saturated heterocycles. The molecular formula is C21H25NO2. The van der Waals surface area contributed by atoms with Gasteiger partial charge in [0, 0.05) is 6.20 Å². The summed E-state index contributed by atoms with van der Waals surface area (Å²) in [5.41, 5.74) is 2.95. The molecule has 126 valence electrons. The van der Waals surface area contributed by atoms with Crippen molar-refractivity contribution in [2.45, 2.75) is 33.6 Å². The molecule has 3 aromatic rings. The van der Waals surface area contributed by atoms with E-state index in [-0.39, 0.29) is 5.97 Å². The summed E-state index contributed by atoms with van der Waals surface area (Å²) in [6.45, 7) is 6.20. The van der Waals surface area contributed by atoms with Crippen LogP contribution in [0.25, 0.3) is 10.8 Å². The van der Waals surface area contributed by atoms with E-state index < -0.39 is 0 Å². The molecule has 0 aliphatic heterocycles. The highest BCUT2D eigenvalue weighted by molar-refractivity contribution is 5.87. The maximum Gasteiger partial charge on any atom is 0.354 e. The van der Waals surface area contributed by atoms with Crippen molar-refractivity contribution in [3.8, 4) is 0 Å². The van der Waals surface area contributed by atoms with E-state index in [4.69, 9.17) is 4.74 Å². The van der Waals surface area contributed by atoms with Gasteiger partial charge in [0.2, 0.25) is 0 Å². The largest absolute Gasteiger partial charge is 0.461 e. The molecule has 1 N–H and O–H groups in total. The molecule has 0 unspecified atom stereocenters. The number of carbonyl (C=O) groups is 1. The minimum absolute atomic E-state index is 0.292. The highest BCUT2D eigenvalue weighted by Crippen LogP contribution is 2.17. The van der Waals surface area contributed by atoms with Gasteiger partial charge in [-0.1, -0.05) is 56.3 Å². The van der Waals surface area contributed by atoms with Crippen LogP contribution in [0.1, 0.15) is 42.4 Å².